The summed E-state index contributed by atoms with van der Waals surface area (Å²) in [5.41, 5.74) is 1.26. The number of guanidine groups is 1. The molecule has 20 heavy (non-hydrogen) atoms. The first-order valence-electron chi connectivity index (χ1n) is 7.33. The Kier molecular flexibility index (Phi) is 8.46. The molecule has 0 bridgehead atoms. The zero-order valence-electron chi connectivity index (χ0n) is 12.9. The Bertz CT molecular complexity index is 389. The van der Waals surface area contributed by atoms with Gasteiger partial charge in [-0.05, 0) is 32.3 Å². The fourth-order valence-electron chi connectivity index (χ4n) is 1.80. The van der Waals surface area contributed by atoms with Crippen LogP contribution in [0.4, 0.5) is 0 Å². The van der Waals surface area contributed by atoms with E-state index in [0.29, 0.717) is 6.61 Å². The molecule has 0 aliphatic carbocycles. The van der Waals surface area contributed by atoms with Crippen LogP contribution in [0.15, 0.2) is 17.4 Å². The summed E-state index contributed by atoms with van der Waals surface area (Å²) in [6.07, 6.45) is 5.99. The van der Waals surface area contributed by atoms with Crippen molar-refractivity contribution in [3.05, 3.63) is 18.0 Å². The molecule has 114 valence electrons. The van der Waals surface area contributed by atoms with Gasteiger partial charge in [0.25, 0.3) is 0 Å². The van der Waals surface area contributed by atoms with Gasteiger partial charge in [-0.25, -0.2) is 0 Å². The zero-order chi connectivity index (χ0) is 14.6. The highest BCUT2D eigenvalue weighted by Crippen LogP contribution is 2.00. The monoisotopic (exact) mass is 281 g/mol. The lowest BCUT2D eigenvalue weighted by atomic mass is 10.2. The number of aromatic nitrogens is 2. The van der Waals surface area contributed by atoms with Crippen LogP contribution in [0.1, 0.15) is 25.8 Å². The van der Waals surface area contributed by atoms with Crippen molar-refractivity contribution in [3.63, 3.8) is 0 Å². The average Bonchev–Trinajstić information content (AvgIpc) is 2.85. The van der Waals surface area contributed by atoms with Crippen molar-refractivity contribution >= 4 is 5.96 Å². The summed E-state index contributed by atoms with van der Waals surface area (Å²) in [6.45, 7) is 7.97. The molecule has 0 aliphatic rings. The van der Waals surface area contributed by atoms with Gasteiger partial charge in [-0.2, -0.15) is 5.10 Å². The minimum absolute atomic E-state index is 0.705. The fraction of sp³-hybridized carbons (Fsp3) is 0.714. The topological polar surface area (TPSA) is 63.5 Å². The van der Waals surface area contributed by atoms with Crippen LogP contribution >= 0.6 is 0 Å². The third kappa shape index (κ3) is 7.13. The lowest BCUT2D eigenvalue weighted by Crippen LogP contribution is -2.39. The van der Waals surface area contributed by atoms with Crippen molar-refractivity contribution in [1.29, 1.82) is 0 Å². The average molecular weight is 281 g/mol. The number of nitrogens with one attached hydrogen (secondary N) is 2. The van der Waals surface area contributed by atoms with Gasteiger partial charge in [0.15, 0.2) is 5.96 Å². The molecule has 0 fully saturated rings. The van der Waals surface area contributed by atoms with Crippen molar-refractivity contribution in [1.82, 2.24) is 20.4 Å². The summed E-state index contributed by atoms with van der Waals surface area (Å²) in [7, 11) is 1.94. The quantitative estimate of drug-likeness (QED) is 0.402. The maximum atomic E-state index is 5.29. The first-order valence-corrected chi connectivity index (χ1v) is 7.33. The van der Waals surface area contributed by atoms with Crippen LogP contribution in [0.5, 0.6) is 0 Å². The molecule has 0 spiro atoms. The molecule has 1 aromatic rings. The molecule has 2 N–H and O–H groups in total. The molecule has 1 aromatic heterocycles. The maximum absolute atomic E-state index is 5.29. The third-order valence-electron chi connectivity index (χ3n) is 2.74. The molecule has 1 rings (SSSR count). The zero-order valence-corrected chi connectivity index (χ0v) is 12.9. The molecular formula is C14H27N5O. The number of aliphatic imine (C=N–C) groups is 1. The predicted molar refractivity (Wildman–Crippen MR) is 82.0 cm³/mol. The second-order valence-electron chi connectivity index (χ2n) is 4.51. The Labute approximate surface area is 121 Å². The summed E-state index contributed by atoms with van der Waals surface area (Å²) in [5.74, 6) is 0.860. The third-order valence-corrected chi connectivity index (χ3v) is 2.74. The van der Waals surface area contributed by atoms with Gasteiger partial charge in [-0.3, -0.25) is 9.67 Å². The second kappa shape index (κ2) is 10.3. The smallest absolute Gasteiger partial charge is 0.191 e. The van der Waals surface area contributed by atoms with E-state index in [1.165, 1.54) is 5.56 Å². The molecule has 0 amide bonds. The Morgan fingerprint density at radius 2 is 2.25 bits per heavy atom. The minimum atomic E-state index is 0.705. The van der Waals surface area contributed by atoms with E-state index in [1.54, 1.807) is 0 Å². The van der Waals surface area contributed by atoms with Gasteiger partial charge in [-0.15, -0.1) is 0 Å². The molecule has 0 saturated heterocycles. The van der Waals surface area contributed by atoms with E-state index < -0.39 is 0 Å². The van der Waals surface area contributed by atoms with Gasteiger partial charge < -0.3 is 15.4 Å². The summed E-state index contributed by atoms with van der Waals surface area (Å²) in [6, 6.07) is 0. The molecule has 6 nitrogen and oxygen atoms in total. The molecule has 6 heteroatoms. The van der Waals surface area contributed by atoms with E-state index in [9.17, 15) is 0 Å². The van der Waals surface area contributed by atoms with Crippen LogP contribution < -0.4 is 10.6 Å². The van der Waals surface area contributed by atoms with E-state index in [0.717, 1.165) is 45.0 Å². The molecule has 0 aromatic carbocycles. The van der Waals surface area contributed by atoms with Gasteiger partial charge in [0, 0.05) is 39.5 Å². The summed E-state index contributed by atoms with van der Waals surface area (Å²) < 4.78 is 7.12. The van der Waals surface area contributed by atoms with Crippen LogP contribution in [-0.2, 0) is 18.2 Å². The fourth-order valence-corrected chi connectivity index (χ4v) is 1.80. The minimum Gasteiger partial charge on any atom is -0.380 e. The van der Waals surface area contributed by atoms with Crippen molar-refractivity contribution in [3.8, 4) is 0 Å². The molecule has 0 atom stereocenters. The lowest BCUT2D eigenvalue weighted by molar-refractivity contribution is 0.152. The number of rotatable bonds is 9. The van der Waals surface area contributed by atoms with E-state index in [1.807, 2.05) is 24.9 Å². The van der Waals surface area contributed by atoms with Crippen molar-refractivity contribution in [2.24, 2.45) is 12.0 Å². The molecule has 0 saturated carbocycles. The summed E-state index contributed by atoms with van der Waals surface area (Å²) in [5, 5.41) is 10.6. The Morgan fingerprint density at radius 1 is 1.40 bits per heavy atom. The van der Waals surface area contributed by atoms with Crippen molar-refractivity contribution in [2.45, 2.75) is 26.7 Å². The molecule has 0 aliphatic heterocycles. The normalized spacial score (nSPS) is 11.7. The van der Waals surface area contributed by atoms with Crippen LogP contribution in [-0.4, -0.2) is 48.6 Å². The van der Waals surface area contributed by atoms with Gasteiger partial charge in [0.2, 0.25) is 0 Å². The largest absolute Gasteiger partial charge is 0.380 e. The van der Waals surface area contributed by atoms with E-state index in [-0.39, 0.29) is 0 Å². The maximum Gasteiger partial charge on any atom is 0.191 e. The molecule has 1 heterocycles. The number of nitrogens with zero attached hydrogens (tertiary/aromatic N) is 3. The SMILES string of the molecule is CCNC(=NCCCc1cnn(C)c1)NCCOCC. The first kappa shape index (κ1) is 16.5. The van der Waals surface area contributed by atoms with Crippen molar-refractivity contribution in [2.75, 3.05) is 32.8 Å². The highest BCUT2D eigenvalue weighted by atomic mass is 16.5. The summed E-state index contributed by atoms with van der Waals surface area (Å²) >= 11 is 0. The number of hydrogen-bond acceptors (Lipinski definition) is 3. The van der Waals surface area contributed by atoms with Crippen LogP contribution in [0.2, 0.25) is 0 Å². The number of ether oxygens (including phenoxy) is 1. The predicted octanol–water partition coefficient (Wildman–Crippen LogP) is 0.944. The van der Waals surface area contributed by atoms with E-state index in [4.69, 9.17) is 4.74 Å². The molecular weight excluding hydrogens is 254 g/mol. The van der Waals surface area contributed by atoms with Crippen LogP contribution in [0.3, 0.4) is 0 Å². The number of hydrogen-bond donors (Lipinski definition) is 2. The second-order valence-corrected chi connectivity index (χ2v) is 4.51. The van der Waals surface area contributed by atoms with E-state index in [2.05, 4.69) is 33.8 Å². The molecule has 0 radical (unpaired) electrons. The Hall–Kier alpha value is -1.56. The number of aryl methyl sites for hydroxylation is 2. The summed E-state index contributed by atoms with van der Waals surface area (Å²) in [4.78, 5) is 4.54. The highest BCUT2D eigenvalue weighted by Gasteiger charge is 1.98. The Morgan fingerprint density at radius 3 is 2.90 bits per heavy atom. The lowest BCUT2D eigenvalue weighted by Gasteiger charge is -2.11. The van der Waals surface area contributed by atoms with Crippen LogP contribution in [0, 0.1) is 0 Å². The Balaban J connectivity index is 2.23. The highest BCUT2D eigenvalue weighted by molar-refractivity contribution is 5.79. The van der Waals surface area contributed by atoms with Crippen LogP contribution in [0.25, 0.3) is 0 Å². The van der Waals surface area contributed by atoms with Gasteiger partial charge in [-0.1, -0.05) is 0 Å². The standard InChI is InChI=1S/C14H27N5O/c1-4-15-14(17-9-10-20-5-2)16-8-6-7-13-11-18-19(3)12-13/h11-12H,4-10H2,1-3H3,(H2,15,16,17). The van der Waals surface area contributed by atoms with Gasteiger partial charge >= 0.3 is 0 Å². The first-order chi connectivity index (χ1) is 9.76. The van der Waals surface area contributed by atoms with Gasteiger partial charge in [0.05, 0.1) is 12.8 Å². The van der Waals surface area contributed by atoms with E-state index >= 15 is 0 Å². The molecule has 0 unspecified atom stereocenters. The van der Waals surface area contributed by atoms with Gasteiger partial charge in [0.1, 0.15) is 0 Å². The van der Waals surface area contributed by atoms with Crippen molar-refractivity contribution < 1.29 is 4.74 Å².